The van der Waals surface area contributed by atoms with Gasteiger partial charge in [-0.05, 0) is 44.9 Å². The topological polar surface area (TPSA) is 157 Å². The summed E-state index contributed by atoms with van der Waals surface area (Å²) >= 11 is 0. The standard InChI is InChI=1S/C21H27FN8O3/c1-13(2)33-21(31)29-7-5-16(6-8-29)30-18(10-23)15(11-26-30)12-32-19-4-3-14(9-17(19)22)20(27-24)28-25/h3-4,9,11,13,16H,5-8,12,24-25H2,1-2H3,(H,27,28). The first-order valence-corrected chi connectivity index (χ1v) is 10.5. The van der Waals surface area contributed by atoms with Crippen molar-refractivity contribution in [2.24, 2.45) is 16.8 Å². The molecule has 5 N–H and O–H groups in total. The van der Waals surface area contributed by atoms with Gasteiger partial charge in [-0.2, -0.15) is 15.5 Å². The summed E-state index contributed by atoms with van der Waals surface area (Å²) < 4.78 is 26.9. The number of nitrogens with zero attached hydrogens (tertiary/aromatic N) is 5. The number of nitriles is 1. The van der Waals surface area contributed by atoms with E-state index in [9.17, 15) is 14.4 Å². The van der Waals surface area contributed by atoms with Crippen molar-refractivity contribution in [3.63, 3.8) is 0 Å². The number of amidine groups is 1. The van der Waals surface area contributed by atoms with Crippen LogP contribution >= 0.6 is 0 Å². The number of ether oxygens (including phenoxy) is 2. The van der Waals surface area contributed by atoms with Gasteiger partial charge < -0.3 is 25.6 Å². The molecule has 0 spiro atoms. The van der Waals surface area contributed by atoms with E-state index in [1.807, 2.05) is 0 Å². The van der Waals surface area contributed by atoms with Crippen molar-refractivity contribution >= 4 is 11.9 Å². The predicted octanol–water partition coefficient (Wildman–Crippen LogP) is 1.74. The van der Waals surface area contributed by atoms with Gasteiger partial charge >= 0.3 is 6.09 Å². The number of hydrazone groups is 1. The Morgan fingerprint density at radius 1 is 1.42 bits per heavy atom. The number of likely N-dealkylation sites (tertiary alicyclic amines) is 1. The Kier molecular flexibility index (Phi) is 7.68. The van der Waals surface area contributed by atoms with E-state index >= 15 is 0 Å². The molecule has 1 aliphatic rings. The molecule has 0 aliphatic carbocycles. The molecule has 1 aromatic heterocycles. The summed E-state index contributed by atoms with van der Waals surface area (Å²) in [5.74, 6) is 9.99. The van der Waals surface area contributed by atoms with Gasteiger partial charge in [0.25, 0.3) is 0 Å². The van der Waals surface area contributed by atoms with Crippen LogP contribution in [-0.4, -0.2) is 45.8 Å². The van der Waals surface area contributed by atoms with Gasteiger partial charge in [-0.15, -0.1) is 0 Å². The number of nitrogens with two attached hydrogens (primary N) is 2. The fourth-order valence-corrected chi connectivity index (χ4v) is 3.59. The van der Waals surface area contributed by atoms with Crippen LogP contribution in [0.25, 0.3) is 0 Å². The van der Waals surface area contributed by atoms with E-state index in [0.29, 0.717) is 42.8 Å². The maximum atomic E-state index is 14.4. The summed E-state index contributed by atoms with van der Waals surface area (Å²) in [5, 5.41) is 17.5. The zero-order chi connectivity index (χ0) is 24.0. The monoisotopic (exact) mass is 458 g/mol. The minimum atomic E-state index is -0.629. The summed E-state index contributed by atoms with van der Waals surface area (Å²) in [7, 11) is 0. The fraction of sp³-hybridized carbons (Fsp3) is 0.429. The molecule has 1 amide bonds. The minimum absolute atomic E-state index is 0.000700. The zero-order valence-electron chi connectivity index (χ0n) is 18.5. The summed E-state index contributed by atoms with van der Waals surface area (Å²) in [6.45, 7) is 4.60. The number of rotatable bonds is 6. The second-order valence-electron chi connectivity index (χ2n) is 7.78. The lowest BCUT2D eigenvalue weighted by Crippen LogP contribution is -2.40. The van der Waals surface area contributed by atoms with Crippen LogP contribution in [0.5, 0.6) is 5.75 Å². The first-order chi connectivity index (χ1) is 15.9. The Hall–Kier alpha value is -3.85. The number of carbonyl (C=O) groups excluding carboxylic acids is 1. The molecule has 1 aliphatic heterocycles. The Bertz CT molecular complexity index is 1050. The first-order valence-electron chi connectivity index (χ1n) is 10.5. The van der Waals surface area contributed by atoms with Crippen molar-refractivity contribution in [2.45, 2.75) is 45.4 Å². The van der Waals surface area contributed by atoms with Crippen LogP contribution in [0.15, 0.2) is 29.5 Å². The Morgan fingerprint density at radius 2 is 2.15 bits per heavy atom. The molecule has 2 heterocycles. The van der Waals surface area contributed by atoms with Crippen LogP contribution < -0.4 is 21.8 Å². The normalized spacial score (nSPS) is 14.8. The van der Waals surface area contributed by atoms with Crippen LogP contribution in [0.3, 0.4) is 0 Å². The Balaban J connectivity index is 1.65. The van der Waals surface area contributed by atoms with Gasteiger partial charge in [-0.25, -0.2) is 15.0 Å². The number of nitrogens with one attached hydrogen (secondary N) is 1. The minimum Gasteiger partial charge on any atom is -0.486 e. The molecule has 0 radical (unpaired) electrons. The zero-order valence-corrected chi connectivity index (χ0v) is 18.5. The SMILES string of the molecule is CC(C)OC(=O)N1CCC(n2ncc(COc3ccc(/C(=N/N)NN)cc3F)c2C#N)CC1. The summed E-state index contributed by atoms with van der Waals surface area (Å²) in [5.41, 5.74) is 3.53. The fourth-order valence-electron chi connectivity index (χ4n) is 3.59. The number of amides is 1. The smallest absolute Gasteiger partial charge is 0.410 e. The Morgan fingerprint density at radius 3 is 2.73 bits per heavy atom. The first kappa shape index (κ1) is 23.8. The molecule has 1 saturated heterocycles. The van der Waals surface area contributed by atoms with Gasteiger partial charge in [-0.1, -0.05) is 0 Å². The van der Waals surface area contributed by atoms with Crippen molar-refractivity contribution in [2.75, 3.05) is 13.1 Å². The van der Waals surface area contributed by atoms with Gasteiger partial charge in [0.1, 0.15) is 18.4 Å². The highest BCUT2D eigenvalue weighted by Gasteiger charge is 2.28. The summed E-state index contributed by atoms with van der Waals surface area (Å²) in [6.07, 6.45) is 2.31. The third-order valence-corrected chi connectivity index (χ3v) is 5.24. The molecular weight excluding hydrogens is 431 g/mol. The van der Waals surface area contributed by atoms with Crippen molar-refractivity contribution in [3.05, 3.63) is 47.0 Å². The number of benzene rings is 1. The molecule has 0 bridgehead atoms. The number of carbonyl (C=O) groups is 1. The predicted molar refractivity (Wildman–Crippen MR) is 117 cm³/mol. The maximum absolute atomic E-state index is 14.4. The molecular formula is C21H27FN8O3. The van der Waals surface area contributed by atoms with Crippen LogP contribution in [0.1, 0.15) is 49.6 Å². The molecule has 12 heteroatoms. The van der Waals surface area contributed by atoms with Crippen molar-refractivity contribution < 1.29 is 18.7 Å². The average molecular weight is 458 g/mol. The lowest BCUT2D eigenvalue weighted by atomic mass is 10.1. The second-order valence-corrected chi connectivity index (χ2v) is 7.78. The summed E-state index contributed by atoms with van der Waals surface area (Å²) in [4.78, 5) is 13.7. The van der Waals surface area contributed by atoms with Crippen molar-refractivity contribution in [3.8, 4) is 11.8 Å². The Labute approximate surface area is 190 Å². The van der Waals surface area contributed by atoms with Gasteiger partial charge in [0.2, 0.25) is 0 Å². The molecule has 0 saturated carbocycles. The van der Waals surface area contributed by atoms with E-state index in [1.54, 1.807) is 35.7 Å². The number of hydrogen-bond acceptors (Lipinski definition) is 8. The number of aromatic nitrogens is 2. The molecule has 2 aromatic rings. The van der Waals surface area contributed by atoms with Crippen molar-refractivity contribution in [1.29, 1.82) is 5.26 Å². The quantitative estimate of drug-likeness (QED) is 0.256. The molecule has 176 valence electrons. The van der Waals surface area contributed by atoms with Gasteiger partial charge in [-0.3, -0.25) is 4.68 Å². The number of piperidine rings is 1. The van der Waals surface area contributed by atoms with E-state index in [2.05, 4.69) is 21.7 Å². The average Bonchev–Trinajstić information content (AvgIpc) is 3.22. The molecule has 0 atom stereocenters. The van der Waals surface area contributed by atoms with Crippen molar-refractivity contribution in [1.82, 2.24) is 20.1 Å². The van der Waals surface area contributed by atoms with E-state index in [1.165, 1.54) is 12.1 Å². The largest absolute Gasteiger partial charge is 0.486 e. The van der Waals surface area contributed by atoms with E-state index < -0.39 is 5.82 Å². The lowest BCUT2D eigenvalue weighted by Gasteiger charge is -2.32. The highest BCUT2D eigenvalue weighted by atomic mass is 19.1. The molecule has 33 heavy (non-hydrogen) atoms. The van der Waals surface area contributed by atoms with E-state index in [0.717, 1.165) is 0 Å². The van der Waals surface area contributed by atoms with Gasteiger partial charge in [0.05, 0.1) is 18.3 Å². The lowest BCUT2D eigenvalue weighted by molar-refractivity contribution is 0.0652. The van der Waals surface area contributed by atoms with Gasteiger partial charge in [0.15, 0.2) is 17.4 Å². The third kappa shape index (κ3) is 5.50. The summed E-state index contributed by atoms with van der Waals surface area (Å²) in [6, 6.07) is 6.29. The van der Waals surface area contributed by atoms with Crippen LogP contribution in [0.2, 0.25) is 0 Å². The van der Waals surface area contributed by atoms with Crippen LogP contribution in [0, 0.1) is 17.1 Å². The molecule has 3 rings (SSSR count). The number of halogens is 1. The molecule has 1 aromatic carbocycles. The van der Waals surface area contributed by atoms with Crippen LogP contribution in [0.4, 0.5) is 9.18 Å². The molecule has 1 fully saturated rings. The molecule has 11 nitrogen and oxygen atoms in total. The number of hydrazine groups is 1. The second kappa shape index (κ2) is 10.6. The van der Waals surface area contributed by atoms with E-state index in [-0.39, 0.29) is 36.4 Å². The highest BCUT2D eigenvalue weighted by Crippen LogP contribution is 2.26. The van der Waals surface area contributed by atoms with Crippen LogP contribution in [-0.2, 0) is 11.3 Å². The van der Waals surface area contributed by atoms with Gasteiger partial charge in [0, 0.05) is 24.2 Å². The van der Waals surface area contributed by atoms with E-state index in [4.69, 9.17) is 21.2 Å². The number of hydrogen-bond donors (Lipinski definition) is 3. The molecule has 0 unspecified atom stereocenters. The maximum Gasteiger partial charge on any atom is 0.410 e. The third-order valence-electron chi connectivity index (χ3n) is 5.24. The highest BCUT2D eigenvalue weighted by molar-refractivity contribution is 5.98.